The molecule has 2 N–H and O–H groups in total. The van der Waals surface area contributed by atoms with E-state index in [1.807, 2.05) is 0 Å². The molecule has 1 fully saturated rings. The summed E-state index contributed by atoms with van der Waals surface area (Å²) < 4.78 is 5.47. The summed E-state index contributed by atoms with van der Waals surface area (Å²) in [5.41, 5.74) is 0. The number of benzene rings is 1. The predicted octanol–water partition coefficient (Wildman–Crippen LogP) is 4.57. The lowest BCUT2D eigenvalue weighted by molar-refractivity contribution is -0.126. The minimum Gasteiger partial charge on any atom is -0.479 e. The first kappa shape index (κ1) is 19.2. The van der Waals surface area contributed by atoms with Crippen LogP contribution in [0.2, 0.25) is 15.1 Å². The summed E-state index contributed by atoms with van der Waals surface area (Å²) in [6, 6.07) is 2.47. The Morgan fingerprint density at radius 1 is 1.08 bits per heavy atom. The van der Waals surface area contributed by atoms with Crippen LogP contribution in [0.3, 0.4) is 0 Å². The fourth-order valence-electron chi connectivity index (χ4n) is 2.52. The highest BCUT2D eigenvalue weighted by molar-refractivity contribution is 6.43. The smallest absolute Gasteiger partial charge is 0.321 e. The molecular weight excluding hydrogens is 375 g/mol. The molecular formula is C16H19Cl3N2O3. The van der Waals surface area contributed by atoms with E-state index in [1.165, 1.54) is 25.5 Å². The van der Waals surface area contributed by atoms with Gasteiger partial charge < -0.3 is 10.1 Å². The van der Waals surface area contributed by atoms with Gasteiger partial charge in [-0.05, 0) is 25.8 Å². The van der Waals surface area contributed by atoms with Crippen LogP contribution in [0.4, 0.5) is 4.79 Å². The van der Waals surface area contributed by atoms with Crippen LogP contribution < -0.4 is 15.4 Å². The lowest BCUT2D eigenvalue weighted by Crippen LogP contribution is -2.48. The van der Waals surface area contributed by atoms with Crippen molar-refractivity contribution >= 4 is 46.7 Å². The first-order valence-corrected chi connectivity index (χ1v) is 8.92. The zero-order valence-electron chi connectivity index (χ0n) is 13.2. The summed E-state index contributed by atoms with van der Waals surface area (Å²) >= 11 is 17.8. The van der Waals surface area contributed by atoms with Gasteiger partial charge in [0.1, 0.15) is 5.75 Å². The number of carbonyl (C=O) groups is 2. The molecule has 1 aliphatic rings. The van der Waals surface area contributed by atoms with E-state index in [1.54, 1.807) is 0 Å². The SMILES string of the molecule is C[C@@H](Oc1cc(Cl)c(Cl)cc1Cl)C(=O)NC(=O)NC1CCCCC1. The van der Waals surface area contributed by atoms with Gasteiger partial charge >= 0.3 is 6.03 Å². The van der Waals surface area contributed by atoms with Crippen molar-refractivity contribution in [1.29, 1.82) is 0 Å². The van der Waals surface area contributed by atoms with Gasteiger partial charge in [-0.1, -0.05) is 54.1 Å². The van der Waals surface area contributed by atoms with Gasteiger partial charge in [0.15, 0.2) is 6.10 Å². The van der Waals surface area contributed by atoms with Gasteiger partial charge in [0.25, 0.3) is 5.91 Å². The molecule has 132 valence electrons. The Hall–Kier alpha value is -1.17. The predicted molar refractivity (Wildman–Crippen MR) is 95.1 cm³/mol. The van der Waals surface area contributed by atoms with Gasteiger partial charge in [0, 0.05) is 12.1 Å². The molecule has 1 aromatic carbocycles. The van der Waals surface area contributed by atoms with Crippen LogP contribution in [0.5, 0.6) is 5.75 Å². The molecule has 5 nitrogen and oxygen atoms in total. The lowest BCUT2D eigenvalue weighted by atomic mass is 9.96. The van der Waals surface area contributed by atoms with Crippen LogP contribution in [0.25, 0.3) is 0 Å². The Kier molecular flexibility index (Phi) is 7.02. The van der Waals surface area contributed by atoms with Crippen LogP contribution in [-0.4, -0.2) is 24.1 Å². The van der Waals surface area contributed by atoms with Crippen LogP contribution in [-0.2, 0) is 4.79 Å². The number of hydrogen-bond acceptors (Lipinski definition) is 3. The van der Waals surface area contributed by atoms with Gasteiger partial charge in [-0.2, -0.15) is 0 Å². The zero-order chi connectivity index (χ0) is 17.7. The van der Waals surface area contributed by atoms with E-state index < -0.39 is 18.0 Å². The summed E-state index contributed by atoms with van der Waals surface area (Å²) in [6.45, 7) is 1.52. The number of carbonyl (C=O) groups excluding carboxylic acids is 2. The highest BCUT2D eigenvalue weighted by Gasteiger charge is 2.21. The molecule has 3 amide bonds. The van der Waals surface area contributed by atoms with E-state index in [0.717, 1.165) is 25.7 Å². The number of urea groups is 1. The molecule has 1 atom stereocenters. The molecule has 0 unspecified atom stereocenters. The first-order chi connectivity index (χ1) is 11.4. The molecule has 0 saturated heterocycles. The van der Waals surface area contributed by atoms with Crippen molar-refractivity contribution in [3.63, 3.8) is 0 Å². The third-order valence-electron chi connectivity index (χ3n) is 3.82. The van der Waals surface area contributed by atoms with Gasteiger partial charge in [-0.15, -0.1) is 0 Å². The van der Waals surface area contributed by atoms with Crippen LogP contribution in [0.15, 0.2) is 12.1 Å². The lowest BCUT2D eigenvalue weighted by Gasteiger charge is -2.23. The normalized spacial score (nSPS) is 16.3. The second kappa shape index (κ2) is 8.79. The molecule has 2 rings (SSSR count). The average molecular weight is 394 g/mol. The maximum Gasteiger partial charge on any atom is 0.321 e. The summed E-state index contributed by atoms with van der Waals surface area (Å²) in [5, 5.41) is 5.87. The van der Waals surface area contributed by atoms with E-state index in [-0.39, 0.29) is 26.9 Å². The van der Waals surface area contributed by atoms with E-state index in [2.05, 4.69) is 10.6 Å². The summed E-state index contributed by atoms with van der Waals surface area (Å²) in [6.07, 6.45) is 4.33. The second-order valence-corrected chi connectivity index (χ2v) is 6.98. The number of rotatable bonds is 4. The minimum atomic E-state index is -0.920. The number of halogens is 3. The van der Waals surface area contributed by atoms with Gasteiger partial charge in [0.2, 0.25) is 0 Å². The number of ether oxygens (including phenoxy) is 1. The van der Waals surface area contributed by atoms with Crippen molar-refractivity contribution in [1.82, 2.24) is 10.6 Å². The average Bonchev–Trinajstić information content (AvgIpc) is 2.53. The molecule has 0 radical (unpaired) electrons. The zero-order valence-corrected chi connectivity index (χ0v) is 15.5. The Labute approximate surface area is 156 Å². The largest absolute Gasteiger partial charge is 0.479 e. The van der Waals surface area contributed by atoms with E-state index in [0.29, 0.717) is 0 Å². The van der Waals surface area contributed by atoms with Crippen molar-refractivity contribution in [3.8, 4) is 5.75 Å². The number of hydrogen-bond donors (Lipinski definition) is 2. The molecule has 0 aliphatic heterocycles. The molecule has 24 heavy (non-hydrogen) atoms. The molecule has 0 heterocycles. The molecule has 0 spiro atoms. The molecule has 1 saturated carbocycles. The van der Waals surface area contributed by atoms with Gasteiger partial charge in [0.05, 0.1) is 15.1 Å². The standard InChI is InChI=1S/C16H19Cl3N2O3/c1-9(24-14-8-12(18)11(17)7-13(14)19)15(22)21-16(23)20-10-5-3-2-4-6-10/h7-10H,2-6H2,1H3,(H2,20,21,22,23)/t9-/m1/s1. The van der Waals surface area contributed by atoms with Crippen LogP contribution in [0.1, 0.15) is 39.0 Å². The first-order valence-electron chi connectivity index (χ1n) is 7.79. The molecule has 8 heteroatoms. The fourth-order valence-corrected chi connectivity index (χ4v) is 3.10. The maximum absolute atomic E-state index is 12.1. The van der Waals surface area contributed by atoms with Crippen molar-refractivity contribution in [2.75, 3.05) is 0 Å². The molecule has 0 aromatic heterocycles. The third kappa shape index (κ3) is 5.43. The Morgan fingerprint density at radius 2 is 1.71 bits per heavy atom. The van der Waals surface area contributed by atoms with Crippen LogP contribution in [0, 0.1) is 0 Å². The van der Waals surface area contributed by atoms with E-state index in [9.17, 15) is 9.59 Å². The van der Waals surface area contributed by atoms with E-state index in [4.69, 9.17) is 39.5 Å². The monoisotopic (exact) mass is 392 g/mol. The Morgan fingerprint density at radius 3 is 2.38 bits per heavy atom. The number of amides is 3. The van der Waals surface area contributed by atoms with Crippen molar-refractivity contribution in [3.05, 3.63) is 27.2 Å². The van der Waals surface area contributed by atoms with Gasteiger partial charge in [-0.3, -0.25) is 10.1 Å². The minimum absolute atomic E-state index is 0.118. The quantitative estimate of drug-likeness (QED) is 0.736. The van der Waals surface area contributed by atoms with Gasteiger partial charge in [-0.25, -0.2) is 4.79 Å². The second-order valence-electron chi connectivity index (χ2n) is 5.75. The third-order valence-corrected chi connectivity index (χ3v) is 4.84. The van der Waals surface area contributed by atoms with Crippen LogP contribution >= 0.6 is 34.8 Å². The summed E-state index contributed by atoms with van der Waals surface area (Å²) in [4.78, 5) is 23.9. The number of nitrogens with one attached hydrogen (secondary N) is 2. The Balaban J connectivity index is 1.87. The van der Waals surface area contributed by atoms with Crippen molar-refractivity contribution < 1.29 is 14.3 Å². The molecule has 1 aromatic rings. The van der Waals surface area contributed by atoms with Crippen molar-refractivity contribution in [2.24, 2.45) is 0 Å². The Bertz CT molecular complexity index is 619. The fraction of sp³-hybridized carbons (Fsp3) is 0.500. The number of imide groups is 1. The summed E-state index contributed by atoms with van der Waals surface area (Å²) in [5.74, 6) is -0.341. The van der Waals surface area contributed by atoms with E-state index >= 15 is 0 Å². The van der Waals surface area contributed by atoms with Crippen molar-refractivity contribution in [2.45, 2.75) is 51.2 Å². The molecule has 1 aliphatic carbocycles. The maximum atomic E-state index is 12.1. The highest BCUT2D eigenvalue weighted by atomic mass is 35.5. The topological polar surface area (TPSA) is 67.4 Å². The summed E-state index contributed by atoms with van der Waals surface area (Å²) in [7, 11) is 0. The highest BCUT2D eigenvalue weighted by Crippen LogP contribution is 2.34. The molecule has 0 bridgehead atoms.